The predicted octanol–water partition coefficient (Wildman–Crippen LogP) is 19.2. The molecule has 0 saturated heterocycles. The summed E-state index contributed by atoms with van der Waals surface area (Å²) in [7, 11) is -8.24. The number of unbranched alkanes of at least 4 members (excludes halogenated alkanes) is 26. The lowest BCUT2D eigenvalue weighted by atomic mass is 9.95. The maximum Gasteiger partial charge on any atom is 0.587 e. The van der Waals surface area contributed by atoms with Crippen LogP contribution in [0.25, 0.3) is 0 Å². The van der Waals surface area contributed by atoms with Crippen molar-refractivity contribution in [3.05, 3.63) is 91.0 Å². The second-order valence-electron chi connectivity index (χ2n) is 19.8. The average molecular weight is 1030 g/mol. The van der Waals surface area contributed by atoms with E-state index in [2.05, 4.69) is 13.8 Å². The van der Waals surface area contributed by atoms with Gasteiger partial charge in [-0.15, -0.1) is 0 Å². The molecule has 1 aliphatic rings. The zero-order valence-electron chi connectivity index (χ0n) is 44.3. The van der Waals surface area contributed by atoms with Crippen molar-refractivity contribution in [2.24, 2.45) is 0 Å². The highest BCUT2D eigenvalue weighted by molar-refractivity contribution is 7.49. The van der Waals surface area contributed by atoms with Gasteiger partial charge in [0.1, 0.15) is 23.4 Å². The summed E-state index contributed by atoms with van der Waals surface area (Å²) < 4.78 is 77.8. The Labute approximate surface area is 432 Å². The number of phosphoric acid groups is 2. The van der Waals surface area contributed by atoms with Gasteiger partial charge >= 0.3 is 15.6 Å². The third kappa shape index (κ3) is 30.3. The molecule has 4 rings (SSSR count). The molecule has 1 aliphatic carbocycles. The minimum atomic E-state index is -4.15. The summed E-state index contributed by atoms with van der Waals surface area (Å²) in [5.41, 5.74) is 0. The molecule has 1 fully saturated rings. The number of ether oxygens (including phenoxy) is 2. The van der Waals surface area contributed by atoms with Crippen LogP contribution in [0.4, 0.5) is 0 Å². The van der Waals surface area contributed by atoms with Crippen LogP contribution < -0.4 is 13.6 Å². The van der Waals surface area contributed by atoms with E-state index in [0.717, 1.165) is 25.7 Å². The van der Waals surface area contributed by atoms with E-state index in [1.165, 1.54) is 154 Å². The fourth-order valence-corrected chi connectivity index (χ4v) is 12.0. The number of hydrogen-bond acceptors (Lipinski definition) is 10. The SMILES string of the molecule is CCCCCCCCCCCCCCCCOC[C@H](COP(=O)(Oc1ccccc1)OC1CCC(OP(=O)(Oc2ccccc2)Oc2ccccc2)CC1)OCCCCCCCCCCCCCCCC. The van der Waals surface area contributed by atoms with Gasteiger partial charge in [-0.25, -0.2) is 9.13 Å². The zero-order chi connectivity index (χ0) is 50.2. The second kappa shape index (κ2) is 39.7. The van der Waals surface area contributed by atoms with Crippen LogP contribution in [0.15, 0.2) is 91.0 Å². The number of para-hydroxylation sites is 3. The fraction of sp³-hybridized carbons (Fsp3) is 0.695. The van der Waals surface area contributed by atoms with E-state index >= 15 is 0 Å². The van der Waals surface area contributed by atoms with Crippen LogP contribution in [0.2, 0.25) is 0 Å². The lowest BCUT2D eigenvalue weighted by Gasteiger charge is -2.32. The molecule has 3 aromatic rings. The monoisotopic (exact) mass is 1030 g/mol. The van der Waals surface area contributed by atoms with Crippen molar-refractivity contribution in [2.75, 3.05) is 26.4 Å². The maximum atomic E-state index is 14.6. The predicted molar refractivity (Wildman–Crippen MR) is 292 cm³/mol. The first-order valence-corrected chi connectivity index (χ1v) is 31.5. The van der Waals surface area contributed by atoms with Crippen molar-refractivity contribution >= 4 is 15.6 Å². The molecule has 71 heavy (non-hydrogen) atoms. The van der Waals surface area contributed by atoms with Crippen LogP contribution >= 0.6 is 15.6 Å². The van der Waals surface area contributed by atoms with E-state index in [0.29, 0.717) is 62.8 Å². The summed E-state index contributed by atoms with van der Waals surface area (Å²) in [6.07, 6.45) is 37.0. The van der Waals surface area contributed by atoms with Gasteiger partial charge in [0.15, 0.2) is 0 Å². The van der Waals surface area contributed by atoms with Gasteiger partial charge in [-0.2, -0.15) is 0 Å². The van der Waals surface area contributed by atoms with Gasteiger partial charge < -0.3 is 23.0 Å². The van der Waals surface area contributed by atoms with Crippen LogP contribution in [0.3, 0.4) is 0 Å². The van der Waals surface area contributed by atoms with Crippen molar-refractivity contribution in [3.63, 3.8) is 0 Å². The molecule has 0 amide bonds. The lowest BCUT2D eigenvalue weighted by molar-refractivity contribution is -0.0467. The minimum absolute atomic E-state index is 0.00323. The van der Waals surface area contributed by atoms with Crippen LogP contribution in [0, 0.1) is 0 Å². The van der Waals surface area contributed by atoms with E-state index < -0.39 is 34.0 Å². The van der Waals surface area contributed by atoms with Crippen LogP contribution in [-0.4, -0.2) is 44.7 Å². The Morgan fingerprint density at radius 3 is 1.07 bits per heavy atom. The standard InChI is InChI=1S/C59H96O10P2/c1-3-5-7-9-11-13-15-17-19-21-23-25-27-38-50-62-52-59(63-51-39-28-26-24-22-20-18-16-14-12-10-8-6-4-2)53-64-70(60,65-54-40-32-29-33-41-54)66-57-46-48-58(49-47-57)69-71(61,67-55-42-34-30-35-43-55)68-56-44-36-31-37-45-56/h29-37,40-45,57-59H,3-28,38-39,46-53H2,1-2H3/t57?,58?,59-,70?/m1/s1. The Hall–Kier alpha value is -2.68. The Morgan fingerprint density at radius 2 is 0.704 bits per heavy atom. The largest absolute Gasteiger partial charge is 0.587 e. The van der Waals surface area contributed by atoms with Gasteiger partial charge in [0, 0.05) is 13.2 Å². The summed E-state index contributed by atoms with van der Waals surface area (Å²) in [6.45, 7) is 6.12. The summed E-state index contributed by atoms with van der Waals surface area (Å²) in [6, 6.07) is 26.7. The summed E-state index contributed by atoms with van der Waals surface area (Å²) in [4.78, 5) is 0. The highest BCUT2D eigenvalue weighted by Crippen LogP contribution is 2.55. The van der Waals surface area contributed by atoms with Gasteiger partial charge in [0.25, 0.3) is 0 Å². The van der Waals surface area contributed by atoms with Crippen molar-refractivity contribution in [3.8, 4) is 17.2 Å². The number of hydrogen-bond donors (Lipinski definition) is 0. The first-order chi connectivity index (χ1) is 34.9. The molecular formula is C59H96O10P2. The first-order valence-electron chi connectivity index (χ1n) is 28.5. The minimum Gasteiger partial charge on any atom is -0.404 e. The molecule has 402 valence electrons. The Bertz CT molecular complexity index is 1720. The Balaban J connectivity index is 1.24. The molecule has 0 heterocycles. The summed E-state index contributed by atoms with van der Waals surface area (Å²) in [5.74, 6) is 1.14. The molecule has 1 unspecified atom stereocenters. The molecule has 0 N–H and O–H groups in total. The quantitative estimate of drug-likeness (QED) is 0.0401. The summed E-state index contributed by atoms with van der Waals surface area (Å²) in [5, 5.41) is 0. The average Bonchev–Trinajstić information content (AvgIpc) is 3.37. The first kappa shape index (κ1) is 60.9. The summed E-state index contributed by atoms with van der Waals surface area (Å²) >= 11 is 0. The topological polar surface area (TPSA) is 108 Å². The van der Waals surface area contributed by atoms with Gasteiger partial charge in [-0.05, 0) is 74.9 Å². The molecule has 1 saturated carbocycles. The van der Waals surface area contributed by atoms with Gasteiger partial charge in [0.2, 0.25) is 0 Å². The number of benzene rings is 3. The molecule has 0 aromatic heterocycles. The van der Waals surface area contributed by atoms with Gasteiger partial charge in [-0.3, -0.25) is 13.6 Å². The number of rotatable bonds is 46. The number of phosphoric ester groups is 2. The fourth-order valence-electron chi connectivity index (χ4n) is 9.06. The molecule has 0 radical (unpaired) electrons. The van der Waals surface area contributed by atoms with Crippen molar-refractivity contribution in [1.29, 1.82) is 0 Å². The third-order valence-electron chi connectivity index (χ3n) is 13.3. The molecule has 2 atom stereocenters. The van der Waals surface area contributed by atoms with Gasteiger partial charge in [-0.1, -0.05) is 235 Å². The molecule has 10 nitrogen and oxygen atoms in total. The molecule has 3 aromatic carbocycles. The van der Waals surface area contributed by atoms with Gasteiger partial charge in [0.05, 0.1) is 25.4 Å². The van der Waals surface area contributed by atoms with Crippen LogP contribution in [0.1, 0.15) is 219 Å². The highest BCUT2D eigenvalue weighted by atomic mass is 31.2. The lowest BCUT2D eigenvalue weighted by Crippen LogP contribution is -2.29. The molecule has 12 heteroatoms. The third-order valence-corrected chi connectivity index (χ3v) is 16.2. The molecule has 0 bridgehead atoms. The van der Waals surface area contributed by atoms with E-state index in [-0.39, 0.29) is 6.61 Å². The van der Waals surface area contributed by atoms with Crippen molar-refractivity contribution in [2.45, 2.75) is 238 Å². The Kier molecular flexibility index (Phi) is 34.1. The molecular weight excluding hydrogens is 931 g/mol. The van der Waals surface area contributed by atoms with Crippen LogP contribution in [-0.2, 0) is 32.2 Å². The smallest absolute Gasteiger partial charge is 0.404 e. The molecule has 0 spiro atoms. The van der Waals surface area contributed by atoms with Crippen molar-refractivity contribution in [1.82, 2.24) is 0 Å². The van der Waals surface area contributed by atoms with E-state index in [9.17, 15) is 9.13 Å². The molecule has 0 aliphatic heterocycles. The van der Waals surface area contributed by atoms with E-state index in [1.807, 2.05) is 30.3 Å². The van der Waals surface area contributed by atoms with Crippen LogP contribution in [0.5, 0.6) is 17.2 Å². The second-order valence-corrected chi connectivity index (χ2v) is 22.8. The van der Waals surface area contributed by atoms with E-state index in [4.69, 9.17) is 36.6 Å². The normalized spacial score (nSPS) is 16.4. The Morgan fingerprint density at radius 1 is 0.394 bits per heavy atom. The highest BCUT2D eigenvalue weighted by Gasteiger charge is 2.40. The van der Waals surface area contributed by atoms with Crippen molar-refractivity contribution < 1.29 is 45.7 Å². The van der Waals surface area contributed by atoms with E-state index in [1.54, 1.807) is 60.7 Å². The maximum absolute atomic E-state index is 14.6. The zero-order valence-corrected chi connectivity index (χ0v) is 46.1.